The lowest BCUT2D eigenvalue weighted by Gasteiger charge is -2.28. The Morgan fingerprint density at radius 1 is 1.39 bits per heavy atom. The molecule has 0 saturated heterocycles. The third-order valence-electron chi connectivity index (χ3n) is 3.76. The van der Waals surface area contributed by atoms with E-state index in [4.69, 9.17) is 4.74 Å². The van der Waals surface area contributed by atoms with Crippen LogP contribution in [0.4, 0.5) is 10.6 Å². The largest absolute Gasteiger partial charge is 0.453 e. The number of fused-ring (bicyclic) bond motifs is 1. The number of rotatable bonds is 2. The summed E-state index contributed by atoms with van der Waals surface area (Å²) in [6, 6.07) is 1.75. The Bertz CT molecular complexity index is 755. The summed E-state index contributed by atoms with van der Waals surface area (Å²) in [4.78, 5) is 29.8. The fourth-order valence-electron chi connectivity index (χ4n) is 2.64. The summed E-state index contributed by atoms with van der Waals surface area (Å²) in [5, 5.41) is 9.51. The molecular formula is C15H17N5O3. The summed E-state index contributed by atoms with van der Waals surface area (Å²) in [5.41, 5.74) is 3.13. The first-order valence-electron chi connectivity index (χ1n) is 7.20. The quantitative estimate of drug-likeness (QED) is 0.874. The third kappa shape index (κ3) is 3.01. The van der Waals surface area contributed by atoms with Crippen molar-refractivity contribution in [1.82, 2.24) is 20.1 Å². The first-order chi connectivity index (χ1) is 11.1. The van der Waals surface area contributed by atoms with Gasteiger partial charge in [0.2, 0.25) is 0 Å². The molecule has 3 heterocycles. The van der Waals surface area contributed by atoms with Crippen LogP contribution < -0.4 is 5.32 Å². The van der Waals surface area contributed by atoms with E-state index >= 15 is 0 Å². The zero-order chi connectivity index (χ0) is 16.4. The Hall–Kier alpha value is -2.90. The molecule has 2 aromatic heterocycles. The first-order valence-corrected chi connectivity index (χ1v) is 7.20. The summed E-state index contributed by atoms with van der Waals surface area (Å²) >= 11 is 0. The first kappa shape index (κ1) is 15.0. The maximum atomic E-state index is 12.5. The SMILES string of the molecule is COC(=O)N1CCc2c(cncc2C(=O)Nc2cc(C)[nH]n2)C1. The number of nitrogens with zero attached hydrogens (tertiary/aromatic N) is 3. The summed E-state index contributed by atoms with van der Waals surface area (Å²) in [6.45, 7) is 2.75. The highest BCUT2D eigenvalue weighted by atomic mass is 16.5. The van der Waals surface area contributed by atoms with Gasteiger partial charge in [0.15, 0.2) is 5.82 Å². The van der Waals surface area contributed by atoms with Crippen LogP contribution in [0.25, 0.3) is 0 Å². The molecule has 0 spiro atoms. The Balaban J connectivity index is 1.82. The zero-order valence-corrected chi connectivity index (χ0v) is 12.9. The van der Waals surface area contributed by atoms with Crippen LogP contribution in [0.15, 0.2) is 18.5 Å². The highest BCUT2D eigenvalue weighted by Gasteiger charge is 2.25. The van der Waals surface area contributed by atoms with Crippen LogP contribution in [0.2, 0.25) is 0 Å². The molecule has 2 amide bonds. The molecule has 2 aromatic rings. The van der Waals surface area contributed by atoms with E-state index in [0.717, 1.165) is 16.8 Å². The number of hydrogen-bond acceptors (Lipinski definition) is 5. The molecule has 8 nitrogen and oxygen atoms in total. The molecule has 23 heavy (non-hydrogen) atoms. The second kappa shape index (κ2) is 6.07. The molecule has 0 saturated carbocycles. The number of aromatic nitrogens is 3. The van der Waals surface area contributed by atoms with Crippen molar-refractivity contribution in [3.8, 4) is 0 Å². The van der Waals surface area contributed by atoms with E-state index in [0.29, 0.717) is 30.9 Å². The molecule has 3 rings (SSSR count). The lowest BCUT2D eigenvalue weighted by atomic mass is 9.97. The lowest BCUT2D eigenvalue weighted by molar-refractivity contribution is 0.102. The Kier molecular flexibility index (Phi) is 3.96. The van der Waals surface area contributed by atoms with Crippen LogP contribution in [-0.2, 0) is 17.7 Å². The maximum Gasteiger partial charge on any atom is 0.409 e. The van der Waals surface area contributed by atoms with Crippen molar-refractivity contribution in [2.75, 3.05) is 19.0 Å². The highest BCUT2D eigenvalue weighted by Crippen LogP contribution is 2.22. The number of hydrogen-bond donors (Lipinski definition) is 2. The van der Waals surface area contributed by atoms with E-state index in [1.54, 1.807) is 23.4 Å². The number of carbonyl (C=O) groups is 2. The van der Waals surface area contributed by atoms with Gasteiger partial charge in [-0.05, 0) is 24.5 Å². The fourth-order valence-corrected chi connectivity index (χ4v) is 2.64. The van der Waals surface area contributed by atoms with Crippen LogP contribution >= 0.6 is 0 Å². The van der Waals surface area contributed by atoms with Crippen LogP contribution in [0.1, 0.15) is 27.2 Å². The van der Waals surface area contributed by atoms with Crippen molar-refractivity contribution in [1.29, 1.82) is 0 Å². The van der Waals surface area contributed by atoms with Crippen LogP contribution in [0.5, 0.6) is 0 Å². The van der Waals surface area contributed by atoms with Gasteiger partial charge in [-0.25, -0.2) is 4.79 Å². The van der Waals surface area contributed by atoms with Crippen molar-refractivity contribution in [3.63, 3.8) is 0 Å². The van der Waals surface area contributed by atoms with E-state index in [9.17, 15) is 9.59 Å². The molecule has 0 unspecified atom stereocenters. The number of carbonyl (C=O) groups excluding carboxylic acids is 2. The molecule has 0 aromatic carbocycles. The van der Waals surface area contributed by atoms with Crippen LogP contribution in [0, 0.1) is 6.92 Å². The Labute approximate surface area is 132 Å². The van der Waals surface area contributed by atoms with E-state index in [1.807, 2.05) is 6.92 Å². The van der Waals surface area contributed by atoms with Gasteiger partial charge in [0.05, 0.1) is 19.2 Å². The van der Waals surface area contributed by atoms with E-state index in [-0.39, 0.29) is 12.0 Å². The number of ether oxygens (including phenoxy) is 1. The average molecular weight is 315 g/mol. The van der Waals surface area contributed by atoms with Crippen molar-refractivity contribution in [3.05, 3.63) is 40.8 Å². The van der Waals surface area contributed by atoms with Crippen molar-refractivity contribution in [2.24, 2.45) is 0 Å². The Morgan fingerprint density at radius 3 is 2.91 bits per heavy atom. The minimum Gasteiger partial charge on any atom is -0.453 e. The monoisotopic (exact) mass is 315 g/mol. The van der Waals surface area contributed by atoms with Crippen molar-refractivity contribution >= 4 is 17.8 Å². The van der Waals surface area contributed by atoms with Crippen molar-refractivity contribution < 1.29 is 14.3 Å². The molecule has 0 radical (unpaired) electrons. The standard InChI is InChI=1S/C15H17N5O3/c1-9-5-13(19-18-9)17-14(21)12-7-16-6-10-8-20(15(22)23-2)4-3-11(10)12/h5-7H,3-4,8H2,1-2H3,(H2,17,18,19,21). The summed E-state index contributed by atoms with van der Waals surface area (Å²) in [6.07, 6.45) is 3.42. The summed E-state index contributed by atoms with van der Waals surface area (Å²) in [5.74, 6) is 0.212. The topological polar surface area (TPSA) is 100 Å². The predicted molar refractivity (Wildman–Crippen MR) is 82.0 cm³/mol. The normalized spacial score (nSPS) is 13.4. The molecule has 0 atom stereocenters. The van der Waals surface area contributed by atoms with Gasteiger partial charge in [-0.15, -0.1) is 0 Å². The lowest BCUT2D eigenvalue weighted by Crippen LogP contribution is -2.36. The molecule has 0 fully saturated rings. The van der Waals surface area contributed by atoms with Crippen molar-refractivity contribution in [2.45, 2.75) is 19.9 Å². The number of nitrogens with one attached hydrogen (secondary N) is 2. The smallest absolute Gasteiger partial charge is 0.409 e. The summed E-state index contributed by atoms with van der Waals surface area (Å²) in [7, 11) is 1.35. The molecule has 2 N–H and O–H groups in total. The number of aromatic amines is 1. The predicted octanol–water partition coefficient (Wildman–Crippen LogP) is 1.49. The molecule has 1 aliphatic heterocycles. The van der Waals surface area contributed by atoms with E-state index in [1.165, 1.54) is 7.11 Å². The van der Waals surface area contributed by atoms with Gasteiger partial charge >= 0.3 is 6.09 Å². The van der Waals surface area contributed by atoms with Gasteiger partial charge in [0.25, 0.3) is 5.91 Å². The number of amides is 2. The molecule has 120 valence electrons. The molecule has 0 aliphatic carbocycles. The number of anilines is 1. The fraction of sp³-hybridized carbons (Fsp3) is 0.333. The molecular weight excluding hydrogens is 298 g/mol. The number of aryl methyl sites for hydroxylation is 1. The third-order valence-corrected chi connectivity index (χ3v) is 3.76. The van der Waals surface area contributed by atoms with Gasteiger partial charge in [-0.3, -0.25) is 14.9 Å². The van der Waals surface area contributed by atoms with E-state index in [2.05, 4.69) is 20.5 Å². The van der Waals surface area contributed by atoms with Crippen LogP contribution in [-0.4, -0.2) is 45.7 Å². The van der Waals surface area contributed by atoms with Gasteiger partial charge in [-0.2, -0.15) is 5.10 Å². The number of pyridine rings is 1. The molecule has 0 bridgehead atoms. The van der Waals surface area contributed by atoms with Gasteiger partial charge in [-0.1, -0.05) is 0 Å². The second-order valence-corrected chi connectivity index (χ2v) is 5.36. The highest BCUT2D eigenvalue weighted by molar-refractivity contribution is 6.04. The zero-order valence-electron chi connectivity index (χ0n) is 12.9. The molecule has 8 heteroatoms. The Morgan fingerprint density at radius 2 is 2.22 bits per heavy atom. The minimum atomic E-state index is -0.377. The average Bonchev–Trinajstić information content (AvgIpc) is 2.97. The molecule has 1 aliphatic rings. The van der Waals surface area contributed by atoms with Gasteiger partial charge in [0.1, 0.15) is 0 Å². The number of methoxy groups -OCH3 is 1. The second-order valence-electron chi connectivity index (χ2n) is 5.36. The summed E-state index contributed by atoms with van der Waals surface area (Å²) < 4.78 is 4.74. The van der Waals surface area contributed by atoms with Gasteiger partial charge < -0.3 is 15.0 Å². The number of H-pyrrole nitrogens is 1. The van der Waals surface area contributed by atoms with Gasteiger partial charge in [0, 0.05) is 30.7 Å². The minimum absolute atomic E-state index is 0.257. The van der Waals surface area contributed by atoms with Crippen LogP contribution in [0.3, 0.4) is 0 Å². The van der Waals surface area contributed by atoms with E-state index < -0.39 is 0 Å². The maximum absolute atomic E-state index is 12.5.